The van der Waals surface area contributed by atoms with Crippen LogP contribution in [0.5, 0.6) is 0 Å². The summed E-state index contributed by atoms with van der Waals surface area (Å²) in [5.74, 6) is 4.54. The fourth-order valence-electron chi connectivity index (χ4n) is 2.66. The first kappa shape index (κ1) is 18.8. The van der Waals surface area contributed by atoms with Crippen molar-refractivity contribution in [3.05, 3.63) is 63.4 Å². The smallest absolute Gasteiger partial charge is 0.374 e. The lowest BCUT2D eigenvalue weighted by Crippen LogP contribution is -2.42. The van der Waals surface area contributed by atoms with E-state index in [0.29, 0.717) is 0 Å². The van der Waals surface area contributed by atoms with Crippen molar-refractivity contribution >= 4 is 34.6 Å². The van der Waals surface area contributed by atoms with Gasteiger partial charge in [0.2, 0.25) is 0 Å². The van der Waals surface area contributed by atoms with Crippen LogP contribution >= 0.6 is 23.2 Å². The molecule has 1 unspecified atom stereocenters. The number of nitrogens with one attached hydrogen (secondary N) is 1. The Morgan fingerprint density at radius 2 is 1.77 bits per heavy atom. The first-order valence-electron chi connectivity index (χ1n) is 7.21. The van der Waals surface area contributed by atoms with Crippen LogP contribution in [0.4, 0.5) is 23.2 Å². The topological polar surface area (TPSA) is 59.6 Å². The van der Waals surface area contributed by atoms with Crippen LogP contribution in [0.3, 0.4) is 0 Å². The van der Waals surface area contributed by atoms with E-state index in [0.717, 1.165) is 18.2 Å². The van der Waals surface area contributed by atoms with Crippen LogP contribution in [0.15, 0.2) is 41.6 Å². The number of oxime groups is 1. The molecule has 1 heterocycles. The molecule has 0 amide bonds. The molecular weight excluding hydrogens is 397 g/mol. The predicted octanol–water partition coefficient (Wildman–Crippen LogP) is 5.00. The molecule has 26 heavy (non-hydrogen) atoms. The number of benzene rings is 2. The minimum Gasteiger partial charge on any atom is -0.374 e. The van der Waals surface area contributed by atoms with Crippen LogP contribution in [-0.2, 0) is 10.4 Å². The van der Waals surface area contributed by atoms with Crippen molar-refractivity contribution in [3.63, 3.8) is 0 Å². The summed E-state index contributed by atoms with van der Waals surface area (Å²) in [6.07, 6.45) is -5.44. The van der Waals surface area contributed by atoms with Gasteiger partial charge >= 0.3 is 6.18 Å². The molecule has 3 N–H and O–H groups in total. The summed E-state index contributed by atoms with van der Waals surface area (Å²) in [7, 11) is 0. The first-order valence-corrected chi connectivity index (χ1v) is 7.97. The SMILES string of the molecule is NNc1cc(C2=NOC(c3cc(Cl)cc(Cl)c3)(C(F)(F)F)C2)ccc1F. The molecule has 0 radical (unpaired) electrons. The zero-order valence-electron chi connectivity index (χ0n) is 12.9. The van der Waals surface area contributed by atoms with Crippen molar-refractivity contribution in [2.24, 2.45) is 11.0 Å². The lowest BCUT2D eigenvalue weighted by atomic mass is 9.86. The standard InChI is InChI=1S/C16H11Cl2F4N3O/c17-10-4-9(5-11(18)6-10)15(16(20,21)22)7-14(25-26-15)8-1-2-12(19)13(3-8)24-23/h1-6,24H,7,23H2. The minimum atomic E-state index is -4.80. The molecule has 138 valence electrons. The molecule has 3 rings (SSSR count). The van der Waals surface area contributed by atoms with Crippen LogP contribution in [0.2, 0.25) is 10.0 Å². The molecule has 4 nitrogen and oxygen atoms in total. The molecule has 2 aromatic carbocycles. The Labute approximate surface area is 155 Å². The van der Waals surface area contributed by atoms with Crippen molar-refractivity contribution in [2.45, 2.75) is 18.2 Å². The fourth-order valence-corrected chi connectivity index (χ4v) is 3.19. The molecule has 0 bridgehead atoms. The largest absolute Gasteiger partial charge is 0.435 e. The Balaban J connectivity index is 2.04. The number of halogens is 6. The summed E-state index contributed by atoms with van der Waals surface area (Å²) in [6, 6.07) is 7.15. The summed E-state index contributed by atoms with van der Waals surface area (Å²) in [5, 5.41) is 3.65. The second-order valence-electron chi connectivity index (χ2n) is 5.63. The van der Waals surface area contributed by atoms with Gasteiger partial charge in [0.05, 0.1) is 11.4 Å². The van der Waals surface area contributed by atoms with Crippen LogP contribution in [0, 0.1) is 5.82 Å². The second kappa shape index (κ2) is 6.61. The van der Waals surface area contributed by atoms with Crippen LogP contribution in [0.25, 0.3) is 0 Å². The van der Waals surface area contributed by atoms with Gasteiger partial charge in [-0.15, -0.1) is 0 Å². The number of hydrogen-bond acceptors (Lipinski definition) is 4. The monoisotopic (exact) mass is 407 g/mol. The molecule has 1 aliphatic heterocycles. The molecular formula is C16H11Cl2F4N3O. The maximum Gasteiger partial charge on any atom is 0.435 e. The van der Waals surface area contributed by atoms with E-state index in [2.05, 4.69) is 10.6 Å². The first-order chi connectivity index (χ1) is 12.2. The molecule has 0 aromatic heterocycles. The number of anilines is 1. The number of hydrazine groups is 1. The summed E-state index contributed by atoms with van der Waals surface area (Å²) in [5.41, 5.74) is -0.764. The van der Waals surface area contributed by atoms with Gasteiger partial charge in [0.1, 0.15) is 5.82 Å². The van der Waals surface area contributed by atoms with E-state index in [-0.39, 0.29) is 32.6 Å². The van der Waals surface area contributed by atoms with Crippen molar-refractivity contribution in [1.82, 2.24) is 0 Å². The highest BCUT2D eigenvalue weighted by molar-refractivity contribution is 6.34. The third kappa shape index (κ3) is 3.20. The lowest BCUT2D eigenvalue weighted by molar-refractivity contribution is -0.275. The van der Waals surface area contributed by atoms with Crippen molar-refractivity contribution in [3.8, 4) is 0 Å². The average molecular weight is 408 g/mol. The summed E-state index contributed by atoms with van der Waals surface area (Å²) >= 11 is 11.7. The van der Waals surface area contributed by atoms with Gasteiger partial charge in [-0.3, -0.25) is 5.84 Å². The molecule has 0 saturated heterocycles. The maximum atomic E-state index is 13.9. The Kier molecular flexibility index (Phi) is 4.76. The third-order valence-corrected chi connectivity index (χ3v) is 4.41. The normalized spacial score (nSPS) is 19.9. The second-order valence-corrected chi connectivity index (χ2v) is 6.50. The molecule has 0 aliphatic carbocycles. The predicted molar refractivity (Wildman–Crippen MR) is 90.6 cm³/mol. The maximum absolute atomic E-state index is 13.9. The van der Waals surface area contributed by atoms with Crippen LogP contribution in [-0.4, -0.2) is 11.9 Å². The molecule has 0 saturated carbocycles. The van der Waals surface area contributed by atoms with Gasteiger partial charge in [-0.2, -0.15) is 13.2 Å². The van der Waals surface area contributed by atoms with E-state index in [1.54, 1.807) is 0 Å². The van der Waals surface area contributed by atoms with Gasteiger partial charge in [0.25, 0.3) is 5.60 Å². The van der Waals surface area contributed by atoms with E-state index < -0.39 is 24.0 Å². The summed E-state index contributed by atoms with van der Waals surface area (Å²) < 4.78 is 55.2. The highest BCUT2D eigenvalue weighted by atomic mass is 35.5. The van der Waals surface area contributed by atoms with Crippen molar-refractivity contribution < 1.29 is 22.4 Å². The lowest BCUT2D eigenvalue weighted by Gasteiger charge is -2.29. The highest BCUT2D eigenvalue weighted by Crippen LogP contribution is 2.49. The number of rotatable bonds is 3. The Morgan fingerprint density at radius 1 is 1.12 bits per heavy atom. The molecule has 1 atom stereocenters. The van der Waals surface area contributed by atoms with Gasteiger partial charge in [0.15, 0.2) is 0 Å². The fraction of sp³-hybridized carbons (Fsp3) is 0.188. The van der Waals surface area contributed by atoms with Gasteiger partial charge in [0, 0.05) is 27.6 Å². The van der Waals surface area contributed by atoms with E-state index >= 15 is 0 Å². The summed E-state index contributed by atoms with van der Waals surface area (Å²) in [6.45, 7) is 0. The Bertz CT molecular complexity index is 868. The van der Waals surface area contributed by atoms with Crippen molar-refractivity contribution in [2.75, 3.05) is 5.43 Å². The molecule has 2 aromatic rings. The number of nitrogen functional groups attached to an aromatic ring is 1. The van der Waals surface area contributed by atoms with Gasteiger partial charge in [-0.25, -0.2) is 4.39 Å². The van der Waals surface area contributed by atoms with Crippen LogP contribution < -0.4 is 11.3 Å². The number of alkyl halides is 3. The summed E-state index contributed by atoms with van der Waals surface area (Å²) in [4.78, 5) is 4.87. The van der Waals surface area contributed by atoms with E-state index in [1.807, 2.05) is 0 Å². The zero-order chi connectivity index (χ0) is 19.1. The zero-order valence-corrected chi connectivity index (χ0v) is 14.4. The number of nitrogens with zero attached hydrogens (tertiary/aromatic N) is 1. The highest BCUT2D eigenvalue weighted by Gasteiger charge is 2.62. The van der Waals surface area contributed by atoms with Crippen molar-refractivity contribution in [1.29, 1.82) is 0 Å². The van der Waals surface area contributed by atoms with E-state index in [1.165, 1.54) is 18.2 Å². The van der Waals surface area contributed by atoms with E-state index in [4.69, 9.17) is 33.9 Å². The van der Waals surface area contributed by atoms with Gasteiger partial charge in [-0.05, 0) is 36.4 Å². The van der Waals surface area contributed by atoms with E-state index in [9.17, 15) is 17.6 Å². The molecule has 1 aliphatic rings. The third-order valence-electron chi connectivity index (χ3n) is 3.97. The Hall–Kier alpha value is -2.03. The molecule has 0 fully saturated rings. The number of nitrogens with two attached hydrogens (primary N) is 1. The molecule has 0 spiro atoms. The minimum absolute atomic E-state index is 0.0186. The molecule has 10 heteroatoms. The average Bonchev–Trinajstić information content (AvgIpc) is 3.01. The van der Waals surface area contributed by atoms with Crippen LogP contribution in [0.1, 0.15) is 17.5 Å². The number of hydrogen-bond donors (Lipinski definition) is 2. The quantitative estimate of drug-likeness (QED) is 0.427. The van der Waals surface area contributed by atoms with Gasteiger partial charge < -0.3 is 10.3 Å². The van der Waals surface area contributed by atoms with Gasteiger partial charge in [-0.1, -0.05) is 28.4 Å². The Morgan fingerprint density at radius 3 is 2.35 bits per heavy atom.